The van der Waals surface area contributed by atoms with Gasteiger partial charge in [0.2, 0.25) is 5.91 Å². The second-order valence-electron chi connectivity index (χ2n) is 7.13. The van der Waals surface area contributed by atoms with Gasteiger partial charge in [-0.1, -0.05) is 37.1 Å². The Kier molecular flexibility index (Phi) is 18.3. The Balaban J connectivity index is 0. The lowest BCUT2D eigenvalue weighted by Gasteiger charge is -2.32. The first kappa shape index (κ1) is 29.6. The van der Waals surface area contributed by atoms with Crippen LogP contribution >= 0.6 is 37.2 Å². The summed E-state index contributed by atoms with van der Waals surface area (Å²) < 4.78 is 0. The topological polar surface area (TPSA) is 61.6 Å². The molecular weight excluding hydrogens is 419 g/mol. The highest BCUT2D eigenvalue weighted by Gasteiger charge is 2.13. The van der Waals surface area contributed by atoms with Gasteiger partial charge in [-0.3, -0.25) is 9.69 Å². The largest absolute Gasteiger partial charge is 0.352 e. The lowest BCUT2D eigenvalue weighted by atomic mass is 10.1. The molecule has 3 N–H and O–H groups in total. The van der Waals surface area contributed by atoms with Gasteiger partial charge in [-0.25, -0.2) is 0 Å². The standard InChI is InChI=1S/C20H34N4O.3ClH/c1-23-12-14-24(15-13-23)17-19-9-7-18(8-10-19)16-22-20(25)6-4-2-3-5-11-21;;;/h7-10H,2-6,11-17,21H2,1H3,(H,22,25);3*1H. The Bertz CT molecular complexity index is 509. The average molecular weight is 456 g/mol. The lowest BCUT2D eigenvalue weighted by molar-refractivity contribution is -0.121. The molecule has 1 aliphatic heterocycles. The zero-order valence-corrected chi connectivity index (χ0v) is 19.3. The number of nitrogens with zero attached hydrogens (tertiary/aromatic N) is 2. The van der Waals surface area contributed by atoms with E-state index < -0.39 is 0 Å². The molecule has 0 unspecified atom stereocenters. The van der Waals surface area contributed by atoms with Crippen molar-refractivity contribution in [3.8, 4) is 0 Å². The number of carbonyl (C=O) groups excluding carboxylic acids is 1. The molecule has 164 valence electrons. The van der Waals surface area contributed by atoms with E-state index in [-0.39, 0.29) is 43.1 Å². The van der Waals surface area contributed by atoms with E-state index in [1.807, 2.05) is 0 Å². The van der Waals surface area contributed by atoms with Gasteiger partial charge < -0.3 is 16.0 Å². The first-order valence-electron chi connectivity index (χ1n) is 9.63. The summed E-state index contributed by atoms with van der Waals surface area (Å²) >= 11 is 0. The summed E-state index contributed by atoms with van der Waals surface area (Å²) in [6.07, 6.45) is 4.84. The van der Waals surface area contributed by atoms with E-state index in [0.717, 1.165) is 65.0 Å². The molecule has 1 aliphatic rings. The fraction of sp³-hybridized carbons (Fsp3) is 0.650. The van der Waals surface area contributed by atoms with Crippen LogP contribution in [0.3, 0.4) is 0 Å². The fourth-order valence-electron chi connectivity index (χ4n) is 3.10. The van der Waals surface area contributed by atoms with E-state index in [1.54, 1.807) is 0 Å². The zero-order chi connectivity index (χ0) is 17.9. The minimum Gasteiger partial charge on any atom is -0.352 e. The molecule has 1 amide bonds. The van der Waals surface area contributed by atoms with Crippen molar-refractivity contribution in [1.82, 2.24) is 15.1 Å². The van der Waals surface area contributed by atoms with E-state index >= 15 is 0 Å². The van der Waals surface area contributed by atoms with Crippen LogP contribution in [-0.2, 0) is 17.9 Å². The number of carbonyl (C=O) groups is 1. The van der Waals surface area contributed by atoms with Gasteiger partial charge in [-0.2, -0.15) is 0 Å². The maximum Gasteiger partial charge on any atom is 0.220 e. The summed E-state index contributed by atoms with van der Waals surface area (Å²) in [6.45, 7) is 6.96. The van der Waals surface area contributed by atoms with Crippen LogP contribution in [0.25, 0.3) is 0 Å². The number of piperazine rings is 1. The molecular formula is C20H37Cl3N4O. The smallest absolute Gasteiger partial charge is 0.220 e. The minimum atomic E-state index is 0. The van der Waals surface area contributed by atoms with Crippen LogP contribution in [0.2, 0.25) is 0 Å². The third-order valence-electron chi connectivity index (χ3n) is 4.87. The van der Waals surface area contributed by atoms with Crippen molar-refractivity contribution in [2.45, 2.75) is 45.2 Å². The molecule has 1 aromatic rings. The highest BCUT2D eigenvalue weighted by molar-refractivity contribution is 5.86. The van der Waals surface area contributed by atoms with E-state index in [0.29, 0.717) is 13.0 Å². The highest BCUT2D eigenvalue weighted by Crippen LogP contribution is 2.10. The molecule has 0 bridgehead atoms. The number of rotatable bonds is 10. The van der Waals surface area contributed by atoms with E-state index in [1.165, 1.54) is 11.1 Å². The Hall–Kier alpha value is -0.560. The van der Waals surface area contributed by atoms with Crippen molar-refractivity contribution in [1.29, 1.82) is 0 Å². The van der Waals surface area contributed by atoms with Crippen LogP contribution in [-0.4, -0.2) is 55.5 Å². The molecule has 1 aromatic carbocycles. The first-order chi connectivity index (χ1) is 12.2. The van der Waals surface area contributed by atoms with Crippen molar-refractivity contribution in [3.63, 3.8) is 0 Å². The van der Waals surface area contributed by atoms with E-state index in [9.17, 15) is 4.79 Å². The summed E-state index contributed by atoms with van der Waals surface area (Å²) in [6, 6.07) is 8.64. The molecule has 1 saturated heterocycles. The van der Waals surface area contributed by atoms with Crippen LogP contribution in [0.15, 0.2) is 24.3 Å². The summed E-state index contributed by atoms with van der Waals surface area (Å²) in [7, 11) is 2.18. The molecule has 0 spiro atoms. The summed E-state index contributed by atoms with van der Waals surface area (Å²) in [5, 5.41) is 3.02. The van der Waals surface area contributed by atoms with Crippen LogP contribution in [0, 0.1) is 0 Å². The molecule has 0 aliphatic carbocycles. The molecule has 0 atom stereocenters. The number of hydrogen-bond acceptors (Lipinski definition) is 4. The molecule has 0 radical (unpaired) electrons. The monoisotopic (exact) mass is 454 g/mol. The lowest BCUT2D eigenvalue weighted by Crippen LogP contribution is -2.43. The van der Waals surface area contributed by atoms with Crippen LogP contribution in [0.4, 0.5) is 0 Å². The predicted octanol–water partition coefficient (Wildman–Crippen LogP) is 3.22. The number of nitrogens with two attached hydrogens (primary N) is 1. The quantitative estimate of drug-likeness (QED) is 0.532. The molecule has 1 fully saturated rings. The van der Waals surface area contributed by atoms with Crippen LogP contribution in [0.1, 0.15) is 43.2 Å². The number of unbranched alkanes of at least 4 members (excludes halogenated alkanes) is 3. The predicted molar refractivity (Wildman–Crippen MR) is 125 cm³/mol. The molecule has 0 saturated carbocycles. The number of hydrogen-bond donors (Lipinski definition) is 2. The van der Waals surface area contributed by atoms with Crippen molar-refractivity contribution in [3.05, 3.63) is 35.4 Å². The molecule has 28 heavy (non-hydrogen) atoms. The molecule has 1 heterocycles. The number of likely N-dealkylation sites (N-methyl/N-ethyl adjacent to an activating group) is 1. The van der Waals surface area contributed by atoms with Gasteiger partial charge in [-0.05, 0) is 37.6 Å². The maximum absolute atomic E-state index is 11.9. The van der Waals surface area contributed by atoms with E-state index in [4.69, 9.17) is 5.73 Å². The molecule has 5 nitrogen and oxygen atoms in total. The van der Waals surface area contributed by atoms with Gasteiger partial charge in [0.05, 0.1) is 0 Å². The SMILES string of the molecule is CN1CCN(Cc2ccc(CNC(=O)CCCCCCN)cc2)CC1.Cl.Cl.Cl. The average Bonchev–Trinajstić information content (AvgIpc) is 2.63. The van der Waals surface area contributed by atoms with Gasteiger partial charge in [0, 0.05) is 45.7 Å². The number of nitrogens with one attached hydrogen (secondary N) is 1. The third-order valence-corrected chi connectivity index (χ3v) is 4.87. The van der Waals surface area contributed by atoms with Crippen molar-refractivity contribution in [2.24, 2.45) is 5.73 Å². The number of benzene rings is 1. The third kappa shape index (κ3) is 12.1. The molecule has 0 aromatic heterocycles. The summed E-state index contributed by atoms with van der Waals surface area (Å²) in [5.41, 5.74) is 7.98. The zero-order valence-electron chi connectivity index (χ0n) is 16.9. The van der Waals surface area contributed by atoms with Gasteiger partial charge in [0.25, 0.3) is 0 Å². The normalized spacial score (nSPS) is 14.4. The van der Waals surface area contributed by atoms with Gasteiger partial charge in [0.1, 0.15) is 0 Å². The summed E-state index contributed by atoms with van der Waals surface area (Å²) in [5.74, 6) is 0.147. The second-order valence-corrected chi connectivity index (χ2v) is 7.13. The first-order valence-corrected chi connectivity index (χ1v) is 9.63. The fourth-order valence-corrected chi connectivity index (χ4v) is 3.10. The number of halogens is 3. The maximum atomic E-state index is 11.9. The number of amides is 1. The Morgan fingerprint density at radius 2 is 1.50 bits per heavy atom. The highest BCUT2D eigenvalue weighted by atomic mass is 35.5. The second kappa shape index (κ2) is 17.3. The molecule has 8 heteroatoms. The minimum absolute atomic E-state index is 0. The Morgan fingerprint density at radius 3 is 2.11 bits per heavy atom. The van der Waals surface area contributed by atoms with Gasteiger partial charge in [-0.15, -0.1) is 37.2 Å². The van der Waals surface area contributed by atoms with Crippen molar-refractivity contribution in [2.75, 3.05) is 39.8 Å². The van der Waals surface area contributed by atoms with Crippen LogP contribution < -0.4 is 11.1 Å². The molecule has 2 rings (SSSR count). The van der Waals surface area contributed by atoms with Crippen LogP contribution in [0.5, 0.6) is 0 Å². The van der Waals surface area contributed by atoms with Crippen molar-refractivity contribution < 1.29 is 4.79 Å². The van der Waals surface area contributed by atoms with Crippen molar-refractivity contribution >= 4 is 43.1 Å². The Morgan fingerprint density at radius 1 is 0.929 bits per heavy atom. The summed E-state index contributed by atoms with van der Waals surface area (Å²) in [4.78, 5) is 16.7. The van der Waals surface area contributed by atoms with Gasteiger partial charge >= 0.3 is 0 Å². The van der Waals surface area contributed by atoms with Gasteiger partial charge in [0.15, 0.2) is 0 Å². The Labute approximate surface area is 189 Å². The van der Waals surface area contributed by atoms with E-state index in [2.05, 4.69) is 46.4 Å².